The van der Waals surface area contributed by atoms with E-state index in [1.54, 1.807) is 36.6 Å². The van der Waals surface area contributed by atoms with E-state index in [4.69, 9.17) is 0 Å². The SMILES string of the molecule is CNc1ccccc1S(=O)(=O)N(Cc1cccs1)C(C)C. The van der Waals surface area contributed by atoms with Crippen molar-refractivity contribution in [3.63, 3.8) is 0 Å². The Labute approximate surface area is 130 Å². The molecular formula is C15H20N2O2S2. The molecule has 0 radical (unpaired) electrons. The van der Waals surface area contributed by atoms with E-state index in [-0.39, 0.29) is 6.04 Å². The standard InChI is InChI=1S/C15H20N2O2S2/c1-12(2)17(11-13-7-6-10-20-13)21(18,19)15-9-5-4-8-14(15)16-3/h4-10,12,16H,11H2,1-3H3. The number of para-hydroxylation sites is 1. The van der Waals surface area contributed by atoms with Crippen molar-refractivity contribution in [2.24, 2.45) is 0 Å². The summed E-state index contributed by atoms with van der Waals surface area (Å²) in [7, 11) is -1.81. The highest BCUT2D eigenvalue weighted by Crippen LogP contribution is 2.27. The normalized spacial score (nSPS) is 12.0. The van der Waals surface area contributed by atoms with Crippen molar-refractivity contribution in [3.05, 3.63) is 46.7 Å². The number of rotatable bonds is 6. The second-order valence-electron chi connectivity index (χ2n) is 4.97. The molecule has 1 aromatic carbocycles. The van der Waals surface area contributed by atoms with Crippen LogP contribution in [0.2, 0.25) is 0 Å². The maximum absolute atomic E-state index is 13.0. The highest BCUT2D eigenvalue weighted by atomic mass is 32.2. The summed E-state index contributed by atoms with van der Waals surface area (Å²) in [4.78, 5) is 1.35. The zero-order chi connectivity index (χ0) is 15.5. The van der Waals surface area contributed by atoms with Gasteiger partial charge in [-0.1, -0.05) is 18.2 Å². The van der Waals surface area contributed by atoms with Gasteiger partial charge in [-0.15, -0.1) is 11.3 Å². The van der Waals surface area contributed by atoms with Gasteiger partial charge in [0.25, 0.3) is 0 Å². The minimum atomic E-state index is -3.54. The Hall–Kier alpha value is -1.37. The molecule has 0 aliphatic carbocycles. The fraction of sp³-hybridized carbons (Fsp3) is 0.333. The molecule has 0 saturated carbocycles. The first-order valence-corrected chi connectivity index (χ1v) is 9.09. The van der Waals surface area contributed by atoms with Gasteiger partial charge in [0.1, 0.15) is 4.90 Å². The third-order valence-electron chi connectivity index (χ3n) is 3.21. The maximum Gasteiger partial charge on any atom is 0.245 e. The average Bonchev–Trinajstić information content (AvgIpc) is 2.97. The van der Waals surface area contributed by atoms with E-state index >= 15 is 0 Å². The van der Waals surface area contributed by atoms with E-state index in [0.29, 0.717) is 17.1 Å². The van der Waals surface area contributed by atoms with Crippen molar-refractivity contribution in [3.8, 4) is 0 Å². The predicted octanol–water partition coefficient (Wildman–Crippen LogP) is 3.39. The number of nitrogens with one attached hydrogen (secondary N) is 1. The molecule has 4 nitrogen and oxygen atoms in total. The fourth-order valence-electron chi connectivity index (χ4n) is 2.13. The first kappa shape index (κ1) is 16.0. The average molecular weight is 324 g/mol. The Balaban J connectivity index is 2.42. The molecule has 0 atom stereocenters. The Morgan fingerprint density at radius 1 is 1.19 bits per heavy atom. The molecule has 21 heavy (non-hydrogen) atoms. The number of hydrogen-bond donors (Lipinski definition) is 1. The number of anilines is 1. The predicted molar refractivity (Wildman–Crippen MR) is 88.2 cm³/mol. The van der Waals surface area contributed by atoms with Gasteiger partial charge in [-0.2, -0.15) is 4.31 Å². The summed E-state index contributed by atoms with van der Waals surface area (Å²) in [5, 5.41) is 4.91. The van der Waals surface area contributed by atoms with Crippen LogP contribution in [-0.4, -0.2) is 25.8 Å². The van der Waals surface area contributed by atoms with Crippen LogP contribution < -0.4 is 5.32 Å². The van der Waals surface area contributed by atoms with Gasteiger partial charge in [-0.25, -0.2) is 8.42 Å². The molecular weight excluding hydrogens is 304 g/mol. The second kappa shape index (κ2) is 6.60. The van der Waals surface area contributed by atoms with Gasteiger partial charge in [0.2, 0.25) is 10.0 Å². The van der Waals surface area contributed by atoms with E-state index in [1.807, 2.05) is 37.4 Å². The number of thiophene rings is 1. The minimum Gasteiger partial charge on any atom is -0.387 e. The molecule has 1 aromatic heterocycles. The van der Waals surface area contributed by atoms with Crippen molar-refractivity contribution in [1.82, 2.24) is 4.31 Å². The number of benzene rings is 1. The van der Waals surface area contributed by atoms with Crippen LogP contribution in [0.25, 0.3) is 0 Å². The molecule has 0 aliphatic rings. The Bertz CT molecular complexity index is 679. The Morgan fingerprint density at radius 2 is 1.90 bits per heavy atom. The van der Waals surface area contributed by atoms with Gasteiger partial charge in [0.15, 0.2) is 0 Å². The monoisotopic (exact) mass is 324 g/mol. The molecule has 0 unspecified atom stereocenters. The van der Waals surface area contributed by atoms with Gasteiger partial charge in [0.05, 0.1) is 5.69 Å². The van der Waals surface area contributed by atoms with Crippen molar-refractivity contribution in [2.75, 3.05) is 12.4 Å². The van der Waals surface area contributed by atoms with Crippen molar-refractivity contribution < 1.29 is 8.42 Å². The summed E-state index contributed by atoms with van der Waals surface area (Å²) in [6.45, 7) is 4.19. The zero-order valence-corrected chi connectivity index (χ0v) is 14.0. The fourth-order valence-corrected chi connectivity index (χ4v) is 4.73. The minimum absolute atomic E-state index is 0.109. The lowest BCUT2D eigenvalue weighted by Gasteiger charge is -2.26. The van der Waals surface area contributed by atoms with E-state index in [9.17, 15) is 8.42 Å². The second-order valence-corrected chi connectivity index (χ2v) is 7.86. The number of hydrogen-bond acceptors (Lipinski definition) is 4. The quantitative estimate of drug-likeness (QED) is 0.886. The number of nitrogens with zero attached hydrogens (tertiary/aromatic N) is 1. The summed E-state index contributed by atoms with van der Waals surface area (Å²) in [6, 6.07) is 10.8. The molecule has 2 aromatic rings. The molecule has 2 rings (SSSR count). The first-order valence-electron chi connectivity index (χ1n) is 6.78. The lowest BCUT2D eigenvalue weighted by Crippen LogP contribution is -2.36. The van der Waals surface area contributed by atoms with Crippen LogP contribution in [0.5, 0.6) is 0 Å². The Kier molecular flexibility index (Phi) is 5.03. The third-order valence-corrected chi connectivity index (χ3v) is 6.15. The third kappa shape index (κ3) is 3.45. The summed E-state index contributed by atoms with van der Waals surface area (Å²) in [6.07, 6.45) is 0. The van der Waals surface area contributed by atoms with Crippen LogP contribution >= 0.6 is 11.3 Å². The molecule has 114 valence electrons. The van der Waals surface area contributed by atoms with Crippen molar-refractivity contribution in [1.29, 1.82) is 0 Å². The van der Waals surface area contributed by atoms with Gasteiger partial charge in [-0.05, 0) is 37.4 Å². The van der Waals surface area contributed by atoms with Gasteiger partial charge < -0.3 is 5.32 Å². The van der Waals surface area contributed by atoms with Crippen molar-refractivity contribution >= 4 is 27.0 Å². The summed E-state index contributed by atoms with van der Waals surface area (Å²) < 4.78 is 27.5. The summed E-state index contributed by atoms with van der Waals surface area (Å²) in [5.74, 6) is 0. The lowest BCUT2D eigenvalue weighted by atomic mass is 10.3. The molecule has 6 heteroatoms. The largest absolute Gasteiger partial charge is 0.387 e. The summed E-state index contributed by atoms with van der Waals surface area (Å²) in [5.41, 5.74) is 0.620. The molecule has 1 heterocycles. The topological polar surface area (TPSA) is 49.4 Å². The molecule has 0 fully saturated rings. The van der Waals surface area contributed by atoms with Crippen LogP contribution in [0.4, 0.5) is 5.69 Å². The number of sulfonamides is 1. The lowest BCUT2D eigenvalue weighted by molar-refractivity contribution is 0.350. The summed E-state index contributed by atoms with van der Waals surface area (Å²) >= 11 is 1.57. The Morgan fingerprint density at radius 3 is 2.48 bits per heavy atom. The van der Waals surface area contributed by atoms with E-state index in [2.05, 4.69) is 5.32 Å². The van der Waals surface area contributed by atoms with Crippen LogP contribution in [0.3, 0.4) is 0 Å². The highest BCUT2D eigenvalue weighted by Gasteiger charge is 2.29. The van der Waals surface area contributed by atoms with E-state index < -0.39 is 10.0 Å². The van der Waals surface area contributed by atoms with E-state index in [1.165, 1.54) is 4.31 Å². The van der Waals surface area contributed by atoms with Crippen LogP contribution in [0.15, 0.2) is 46.7 Å². The van der Waals surface area contributed by atoms with Crippen LogP contribution in [0.1, 0.15) is 18.7 Å². The first-order chi connectivity index (χ1) is 9.96. The molecule has 0 saturated heterocycles. The van der Waals surface area contributed by atoms with E-state index in [0.717, 1.165) is 4.88 Å². The smallest absolute Gasteiger partial charge is 0.245 e. The maximum atomic E-state index is 13.0. The van der Waals surface area contributed by atoms with Gasteiger partial charge in [-0.3, -0.25) is 0 Å². The van der Waals surface area contributed by atoms with Crippen molar-refractivity contribution in [2.45, 2.75) is 31.3 Å². The molecule has 1 N–H and O–H groups in total. The highest BCUT2D eigenvalue weighted by molar-refractivity contribution is 7.89. The van der Waals surface area contributed by atoms with Gasteiger partial charge >= 0.3 is 0 Å². The molecule has 0 amide bonds. The van der Waals surface area contributed by atoms with Crippen LogP contribution in [-0.2, 0) is 16.6 Å². The van der Waals surface area contributed by atoms with Gasteiger partial charge in [0, 0.05) is 24.5 Å². The molecule has 0 bridgehead atoms. The van der Waals surface area contributed by atoms with Crippen LogP contribution in [0, 0.1) is 0 Å². The molecule has 0 spiro atoms. The molecule has 0 aliphatic heterocycles. The zero-order valence-electron chi connectivity index (χ0n) is 12.4.